The number of hydrogen-bond acceptors (Lipinski definition) is 3. The molecule has 23 heavy (non-hydrogen) atoms. The van der Waals surface area contributed by atoms with Gasteiger partial charge in [0, 0.05) is 14.5 Å². The van der Waals surface area contributed by atoms with Gasteiger partial charge in [-0.15, -0.1) is 0 Å². The van der Waals surface area contributed by atoms with E-state index in [1.54, 1.807) is 30.3 Å². The number of furan rings is 1. The van der Waals surface area contributed by atoms with Crippen LogP contribution in [0, 0.1) is 0 Å². The van der Waals surface area contributed by atoms with E-state index in [0.29, 0.717) is 17.1 Å². The summed E-state index contributed by atoms with van der Waals surface area (Å²) in [5.41, 5.74) is 7.80. The summed E-state index contributed by atoms with van der Waals surface area (Å²) in [5, 5.41) is 2.74. The summed E-state index contributed by atoms with van der Waals surface area (Å²) in [6.07, 6.45) is 0. The number of amides is 1. The second-order valence-corrected chi connectivity index (χ2v) is 6.69. The quantitative estimate of drug-likeness (QED) is 0.548. The molecule has 1 heterocycles. The number of nitrogens with two attached hydrogens (primary N) is 1. The Kier molecular flexibility index (Phi) is 4.54. The zero-order chi connectivity index (χ0) is 16.4. The van der Waals surface area contributed by atoms with Crippen molar-refractivity contribution < 1.29 is 9.21 Å². The Balaban J connectivity index is 1.79. The van der Waals surface area contributed by atoms with Gasteiger partial charge in [0.1, 0.15) is 5.76 Å². The molecule has 0 aliphatic heterocycles. The number of carbonyl (C=O) groups excluding carboxylic acids is 1. The van der Waals surface area contributed by atoms with Crippen LogP contribution in [0.4, 0.5) is 11.4 Å². The van der Waals surface area contributed by atoms with Crippen LogP contribution in [0.2, 0.25) is 0 Å². The molecule has 4 nitrogen and oxygen atoms in total. The monoisotopic (exact) mass is 434 g/mol. The van der Waals surface area contributed by atoms with Crippen LogP contribution in [0.15, 0.2) is 68.0 Å². The lowest BCUT2D eigenvalue weighted by Crippen LogP contribution is -2.12. The van der Waals surface area contributed by atoms with E-state index in [0.717, 1.165) is 14.5 Å². The molecule has 0 aliphatic rings. The Morgan fingerprint density at radius 2 is 1.65 bits per heavy atom. The maximum Gasteiger partial charge on any atom is 0.291 e. The van der Waals surface area contributed by atoms with E-state index in [4.69, 9.17) is 10.2 Å². The summed E-state index contributed by atoms with van der Waals surface area (Å²) in [6, 6.07) is 16.3. The van der Waals surface area contributed by atoms with Crippen molar-refractivity contribution in [3.63, 3.8) is 0 Å². The van der Waals surface area contributed by atoms with Gasteiger partial charge in [0.15, 0.2) is 5.76 Å². The van der Waals surface area contributed by atoms with Crippen LogP contribution in [0.5, 0.6) is 0 Å². The molecule has 6 heteroatoms. The molecular weight excluding hydrogens is 424 g/mol. The average Bonchev–Trinajstić information content (AvgIpc) is 3.01. The maximum absolute atomic E-state index is 12.3. The lowest BCUT2D eigenvalue weighted by molar-refractivity contribution is 0.0997. The highest BCUT2D eigenvalue weighted by Gasteiger charge is 2.13. The van der Waals surface area contributed by atoms with Gasteiger partial charge in [-0.1, -0.05) is 44.0 Å². The molecular formula is C17H12Br2N2O2. The van der Waals surface area contributed by atoms with Crippen molar-refractivity contribution in [1.82, 2.24) is 0 Å². The number of nitrogen functional groups attached to an aromatic ring is 1. The summed E-state index contributed by atoms with van der Waals surface area (Å²) in [6.45, 7) is 0. The SMILES string of the molecule is Nc1cc(Br)ccc1NC(=O)c1ccc(-c2ccc(Br)cc2)o1. The van der Waals surface area contributed by atoms with Crippen LogP contribution < -0.4 is 11.1 Å². The van der Waals surface area contributed by atoms with E-state index >= 15 is 0 Å². The molecule has 0 spiro atoms. The van der Waals surface area contributed by atoms with E-state index < -0.39 is 0 Å². The van der Waals surface area contributed by atoms with Crippen molar-refractivity contribution in [2.75, 3.05) is 11.1 Å². The summed E-state index contributed by atoms with van der Waals surface area (Å²) in [4.78, 5) is 12.3. The van der Waals surface area contributed by atoms with Gasteiger partial charge in [-0.3, -0.25) is 4.79 Å². The van der Waals surface area contributed by atoms with Crippen LogP contribution in [0.1, 0.15) is 10.6 Å². The largest absolute Gasteiger partial charge is 0.451 e. The molecule has 116 valence electrons. The summed E-state index contributed by atoms with van der Waals surface area (Å²) in [5.74, 6) is 0.513. The third kappa shape index (κ3) is 3.65. The fourth-order valence-corrected chi connectivity index (χ4v) is 2.70. The summed E-state index contributed by atoms with van der Waals surface area (Å²) < 4.78 is 7.46. The highest BCUT2D eigenvalue weighted by molar-refractivity contribution is 9.10. The van der Waals surface area contributed by atoms with Crippen LogP contribution in [0.25, 0.3) is 11.3 Å². The number of hydrogen-bond donors (Lipinski definition) is 2. The lowest BCUT2D eigenvalue weighted by Gasteiger charge is -2.07. The first kappa shape index (κ1) is 15.8. The first-order valence-corrected chi connectivity index (χ1v) is 8.34. The molecule has 0 fully saturated rings. The highest BCUT2D eigenvalue weighted by atomic mass is 79.9. The Hall–Kier alpha value is -2.05. The van der Waals surface area contributed by atoms with Gasteiger partial charge in [0.2, 0.25) is 0 Å². The third-order valence-corrected chi connectivity index (χ3v) is 4.24. The maximum atomic E-state index is 12.3. The van der Waals surface area contributed by atoms with E-state index in [1.165, 1.54) is 0 Å². The fourth-order valence-electron chi connectivity index (χ4n) is 2.06. The molecule has 0 atom stereocenters. The number of anilines is 2. The Morgan fingerprint density at radius 1 is 0.957 bits per heavy atom. The number of halogens is 2. The zero-order valence-electron chi connectivity index (χ0n) is 11.8. The van der Waals surface area contributed by atoms with E-state index in [1.807, 2.05) is 24.3 Å². The first-order chi connectivity index (χ1) is 11.0. The second kappa shape index (κ2) is 6.60. The molecule has 3 aromatic rings. The summed E-state index contributed by atoms with van der Waals surface area (Å²) >= 11 is 6.71. The number of carbonyl (C=O) groups is 1. The Morgan fingerprint density at radius 3 is 2.35 bits per heavy atom. The van der Waals surface area contributed by atoms with Crippen molar-refractivity contribution in [1.29, 1.82) is 0 Å². The van der Waals surface area contributed by atoms with Crippen molar-refractivity contribution in [2.24, 2.45) is 0 Å². The number of benzene rings is 2. The molecule has 0 radical (unpaired) electrons. The van der Waals surface area contributed by atoms with Gasteiger partial charge in [-0.05, 0) is 42.5 Å². The predicted octanol–water partition coefficient (Wildman–Crippen LogP) is 5.31. The molecule has 0 saturated carbocycles. The lowest BCUT2D eigenvalue weighted by atomic mass is 10.2. The van der Waals surface area contributed by atoms with Crippen molar-refractivity contribution >= 4 is 49.1 Å². The van der Waals surface area contributed by atoms with E-state index in [9.17, 15) is 4.79 Å². The Bertz CT molecular complexity index is 857. The minimum absolute atomic E-state index is 0.227. The van der Waals surface area contributed by atoms with Crippen LogP contribution in [-0.2, 0) is 0 Å². The van der Waals surface area contributed by atoms with E-state index in [2.05, 4.69) is 37.2 Å². The zero-order valence-corrected chi connectivity index (χ0v) is 15.0. The van der Waals surface area contributed by atoms with Gasteiger partial charge in [-0.2, -0.15) is 0 Å². The van der Waals surface area contributed by atoms with Crippen LogP contribution in [-0.4, -0.2) is 5.91 Å². The highest BCUT2D eigenvalue weighted by Crippen LogP contribution is 2.26. The molecule has 0 unspecified atom stereocenters. The number of rotatable bonds is 3. The molecule has 0 bridgehead atoms. The second-order valence-electron chi connectivity index (χ2n) is 4.86. The molecule has 3 rings (SSSR count). The molecule has 0 saturated heterocycles. The van der Waals surface area contributed by atoms with Crippen molar-refractivity contribution in [2.45, 2.75) is 0 Å². The minimum Gasteiger partial charge on any atom is -0.451 e. The van der Waals surface area contributed by atoms with Crippen molar-refractivity contribution in [3.05, 3.63) is 69.3 Å². The topological polar surface area (TPSA) is 68.3 Å². The van der Waals surface area contributed by atoms with Gasteiger partial charge in [-0.25, -0.2) is 0 Å². The van der Waals surface area contributed by atoms with Crippen LogP contribution >= 0.6 is 31.9 Å². The van der Waals surface area contributed by atoms with E-state index in [-0.39, 0.29) is 11.7 Å². The fraction of sp³-hybridized carbons (Fsp3) is 0. The molecule has 3 N–H and O–H groups in total. The first-order valence-electron chi connectivity index (χ1n) is 6.75. The average molecular weight is 436 g/mol. The molecule has 1 amide bonds. The minimum atomic E-state index is -0.345. The summed E-state index contributed by atoms with van der Waals surface area (Å²) in [7, 11) is 0. The van der Waals surface area contributed by atoms with Gasteiger partial charge in [0.25, 0.3) is 5.91 Å². The van der Waals surface area contributed by atoms with Crippen molar-refractivity contribution in [3.8, 4) is 11.3 Å². The Labute approximate surface area is 149 Å². The molecule has 0 aliphatic carbocycles. The predicted molar refractivity (Wildman–Crippen MR) is 98.4 cm³/mol. The van der Waals surface area contributed by atoms with Crippen LogP contribution in [0.3, 0.4) is 0 Å². The molecule has 1 aromatic heterocycles. The molecule has 2 aromatic carbocycles. The smallest absolute Gasteiger partial charge is 0.291 e. The third-order valence-electron chi connectivity index (χ3n) is 3.22. The number of nitrogens with one attached hydrogen (secondary N) is 1. The van der Waals surface area contributed by atoms with Gasteiger partial charge in [0.05, 0.1) is 11.4 Å². The van der Waals surface area contributed by atoms with Gasteiger partial charge < -0.3 is 15.5 Å². The standard InChI is InChI=1S/C17H12Br2N2O2/c18-11-3-1-10(2-4-11)15-7-8-16(23-15)17(22)21-14-6-5-12(19)9-13(14)20/h1-9H,20H2,(H,21,22). The normalized spacial score (nSPS) is 10.5. The van der Waals surface area contributed by atoms with Gasteiger partial charge >= 0.3 is 0 Å².